The summed E-state index contributed by atoms with van der Waals surface area (Å²) in [6.07, 6.45) is 0. The molecule has 9 aromatic rings. The molecule has 0 unspecified atom stereocenters. The summed E-state index contributed by atoms with van der Waals surface area (Å²) >= 11 is 0. The average molecular weight is 699 g/mol. The lowest BCUT2D eigenvalue weighted by atomic mass is 9.67. The normalized spacial score (nSPS) is 13.1. The fourth-order valence-corrected chi connectivity index (χ4v) is 9.81. The molecule has 0 N–H and O–H groups in total. The van der Waals surface area contributed by atoms with Gasteiger partial charge in [0.1, 0.15) is 0 Å². The van der Waals surface area contributed by atoms with Crippen molar-refractivity contribution in [2.24, 2.45) is 0 Å². The smallest absolute Gasteiger partial charge is 0.0622 e. The van der Waals surface area contributed by atoms with Crippen LogP contribution in [0.1, 0.15) is 33.4 Å². The van der Waals surface area contributed by atoms with Crippen LogP contribution in [0.2, 0.25) is 0 Å². The van der Waals surface area contributed by atoms with Gasteiger partial charge in [-0.15, -0.1) is 0 Å². The van der Waals surface area contributed by atoms with E-state index in [0.717, 1.165) is 0 Å². The van der Waals surface area contributed by atoms with E-state index in [1.807, 2.05) is 0 Å². The molecule has 2 aliphatic rings. The molecule has 0 bridgehead atoms. The molecule has 55 heavy (non-hydrogen) atoms. The molecule has 0 saturated heterocycles. The first-order valence-corrected chi connectivity index (χ1v) is 19.3. The van der Waals surface area contributed by atoms with Crippen LogP contribution in [0.15, 0.2) is 194 Å². The van der Waals surface area contributed by atoms with Crippen molar-refractivity contribution in [3.63, 3.8) is 0 Å². The number of rotatable bonds is 5. The van der Waals surface area contributed by atoms with E-state index < -0.39 is 5.41 Å². The van der Waals surface area contributed by atoms with Gasteiger partial charge in [-0.25, -0.2) is 0 Å². The van der Waals surface area contributed by atoms with Crippen LogP contribution in [0, 0.1) is 13.8 Å². The van der Waals surface area contributed by atoms with Crippen LogP contribution in [0.3, 0.4) is 0 Å². The predicted octanol–water partition coefficient (Wildman–Crippen LogP) is 14.5. The van der Waals surface area contributed by atoms with Gasteiger partial charge in [0.25, 0.3) is 0 Å². The summed E-state index contributed by atoms with van der Waals surface area (Å²) in [5.41, 5.74) is 22.6. The highest BCUT2D eigenvalue weighted by Crippen LogP contribution is 2.60. The van der Waals surface area contributed by atoms with Gasteiger partial charge in [0.2, 0.25) is 0 Å². The van der Waals surface area contributed by atoms with E-state index >= 15 is 0 Å². The number of hydrogen-bond donors (Lipinski definition) is 0. The van der Waals surface area contributed by atoms with Gasteiger partial charge in [-0.2, -0.15) is 0 Å². The number of aryl methyl sites for hydroxylation is 2. The van der Waals surface area contributed by atoms with Gasteiger partial charge >= 0.3 is 0 Å². The highest BCUT2D eigenvalue weighted by atomic mass is 14.5. The van der Waals surface area contributed by atoms with E-state index in [1.54, 1.807) is 0 Å². The Kier molecular flexibility index (Phi) is 7.00. The average Bonchev–Trinajstić information content (AvgIpc) is 3.73. The standard InChI is InChI=1S/C55H38/c1-35-23-28-41(29-24-35)55(42-30-25-36(2)26-31-42)49-22-10-9-19-43(49)44-32-27-40(33-50(44)55)48-34-47(37-13-5-3-6-14-37)53-45-20-11-17-38-18-12-21-46(51(38)45)54(53)52(48)39-15-7-4-8-16-39/h3-34H,1-2H3. The van der Waals surface area contributed by atoms with Crippen LogP contribution in [-0.4, -0.2) is 0 Å². The topological polar surface area (TPSA) is 0 Å². The van der Waals surface area contributed by atoms with Crippen molar-refractivity contribution >= 4 is 10.8 Å². The van der Waals surface area contributed by atoms with Crippen LogP contribution in [0.5, 0.6) is 0 Å². The first-order chi connectivity index (χ1) is 27.1. The fraction of sp³-hybridized carbons (Fsp3) is 0.0545. The van der Waals surface area contributed by atoms with Crippen molar-refractivity contribution in [1.29, 1.82) is 0 Å². The Morgan fingerprint density at radius 3 is 1.49 bits per heavy atom. The largest absolute Gasteiger partial charge is 0.0713 e. The van der Waals surface area contributed by atoms with E-state index in [4.69, 9.17) is 0 Å². The molecule has 0 heteroatoms. The Bertz CT molecular complexity index is 2900. The minimum Gasteiger partial charge on any atom is -0.0622 e. The van der Waals surface area contributed by atoms with E-state index in [0.29, 0.717) is 0 Å². The monoisotopic (exact) mass is 698 g/mol. The summed E-state index contributed by atoms with van der Waals surface area (Å²) in [5.74, 6) is 0. The number of hydrogen-bond acceptors (Lipinski definition) is 0. The first-order valence-electron chi connectivity index (χ1n) is 19.3. The molecule has 0 heterocycles. The van der Waals surface area contributed by atoms with E-state index in [2.05, 4.69) is 208 Å². The van der Waals surface area contributed by atoms with Gasteiger partial charge in [-0.05, 0) is 126 Å². The van der Waals surface area contributed by atoms with Crippen molar-refractivity contribution < 1.29 is 0 Å². The molecule has 0 aromatic heterocycles. The molecule has 0 aliphatic heterocycles. The molecule has 11 rings (SSSR count). The molecule has 0 amide bonds. The SMILES string of the molecule is Cc1ccc(C2(c3ccc(C)cc3)c3ccccc3-c3ccc(-c4cc(-c5ccccc5)c5c(c4-c4ccccc4)-c4cccc6cccc-5c46)cc32)cc1. The summed E-state index contributed by atoms with van der Waals surface area (Å²) in [5, 5.41) is 2.62. The van der Waals surface area contributed by atoms with Gasteiger partial charge in [0.05, 0.1) is 5.41 Å². The van der Waals surface area contributed by atoms with Crippen LogP contribution in [0.4, 0.5) is 0 Å². The summed E-state index contributed by atoms with van der Waals surface area (Å²) < 4.78 is 0. The van der Waals surface area contributed by atoms with Crippen LogP contribution >= 0.6 is 0 Å². The van der Waals surface area contributed by atoms with Crippen molar-refractivity contribution in [3.05, 3.63) is 228 Å². The highest BCUT2D eigenvalue weighted by molar-refractivity contribution is 6.22. The quantitative estimate of drug-likeness (QED) is 0.168. The maximum Gasteiger partial charge on any atom is 0.0713 e. The maximum atomic E-state index is 2.53. The molecule has 0 nitrogen and oxygen atoms in total. The third kappa shape index (κ3) is 4.58. The lowest BCUT2D eigenvalue weighted by molar-refractivity contribution is 0.768. The lowest BCUT2D eigenvalue weighted by Gasteiger charge is -2.34. The predicted molar refractivity (Wildman–Crippen MR) is 231 cm³/mol. The maximum absolute atomic E-state index is 2.53. The van der Waals surface area contributed by atoms with E-state index in [9.17, 15) is 0 Å². The van der Waals surface area contributed by atoms with Crippen LogP contribution in [-0.2, 0) is 5.41 Å². The Balaban J connectivity index is 1.28. The van der Waals surface area contributed by atoms with Gasteiger partial charge in [0, 0.05) is 0 Å². The Hall–Kier alpha value is -6.76. The van der Waals surface area contributed by atoms with Crippen molar-refractivity contribution in [1.82, 2.24) is 0 Å². The zero-order valence-corrected chi connectivity index (χ0v) is 31.0. The molecule has 0 fully saturated rings. The summed E-state index contributed by atoms with van der Waals surface area (Å²) in [6.45, 7) is 4.36. The van der Waals surface area contributed by atoms with Gasteiger partial charge in [-0.1, -0.05) is 193 Å². The minimum atomic E-state index is -0.489. The lowest BCUT2D eigenvalue weighted by Crippen LogP contribution is -2.28. The second-order valence-corrected chi connectivity index (χ2v) is 15.3. The third-order valence-corrected chi connectivity index (χ3v) is 12.2. The van der Waals surface area contributed by atoms with Crippen molar-refractivity contribution in [3.8, 4) is 66.8 Å². The zero-order valence-electron chi connectivity index (χ0n) is 31.0. The Morgan fingerprint density at radius 1 is 0.309 bits per heavy atom. The first kappa shape index (κ1) is 31.7. The van der Waals surface area contributed by atoms with E-state index in [1.165, 1.54) is 111 Å². The molecule has 0 atom stereocenters. The van der Waals surface area contributed by atoms with Crippen LogP contribution in [0.25, 0.3) is 77.5 Å². The third-order valence-electron chi connectivity index (χ3n) is 12.2. The Morgan fingerprint density at radius 2 is 0.836 bits per heavy atom. The van der Waals surface area contributed by atoms with Crippen molar-refractivity contribution in [2.45, 2.75) is 19.3 Å². The fourth-order valence-electron chi connectivity index (χ4n) is 9.81. The van der Waals surface area contributed by atoms with E-state index in [-0.39, 0.29) is 0 Å². The molecule has 2 aliphatic carbocycles. The Labute approximate surface area is 323 Å². The minimum absolute atomic E-state index is 0.489. The molecular weight excluding hydrogens is 661 g/mol. The second kappa shape index (κ2) is 12.1. The molecule has 0 spiro atoms. The zero-order chi connectivity index (χ0) is 36.7. The number of fused-ring (bicyclic) bond motifs is 6. The second-order valence-electron chi connectivity index (χ2n) is 15.3. The summed E-state index contributed by atoms with van der Waals surface area (Å²) in [6, 6.07) is 73.0. The van der Waals surface area contributed by atoms with Crippen molar-refractivity contribution in [2.75, 3.05) is 0 Å². The summed E-state index contributed by atoms with van der Waals surface area (Å²) in [7, 11) is 0. The van der Waals surface area contributed by atoms with Gasteiger partial charge in [0.15, 0.2) is 0 Å². The summed E-state index contributed by atoms with van der Waals surface area (Å²) in [4.78, 5) is 0. The molecule has 9 aromatic carbocycles. The molecule has 0 radical (unpaired) electrons. The van der Waals surface area contributed by atoms with Crippen LogP contribution < -0.4 is 0 Å². The number of benzene rings is 9. The molecule has 258 valence electrons. The molecular formula is C55H38. The molecule has 0 saturated carbocycles. The van der Waals surface area contributed by atoms with Gasteiger partial charge in [-0.3, -0.25) is 0 Å². The highest BCUT2D eigenvalue weighted by Gasteiger charge is 2.46. The van der Waals surface area contributed by atoms with Gasteiger partial charge < -0.3 is 0 Å².